The second-order valence-corrected chi connectivity index (χ2v) is 4.95. The summed E-state index contributed by atoms with van der Waals surface area (Å²) in [5, 5.41) is 2.66. The summed E-state index contributed by atoms with van der Waals surface area (Å²) in [6, 6.07) is 7.73. The number of rotatable bonds is 4. The van der Waals surface area contributed by atoms with Crippen molar-refractivity contribution in [2.45, 2.75) is 6.54 Å². The van der Waals surface area contributed by atoms with Crippen molar-refractivity contribution in [3.63, 3.8) is 0 Å². The van der Waals surface area contributed by atoms with Crippen molar-refractivity contribution in [3.8, 4) is 5.75 Å². The summed E-state index contributed by atoms with van der Waals surface area (Å²) >= 11 is 5.83. The van der Waals surface area contributed by atoms with E-state index in [0.29, 0.717) is 10.8 Å². The number of furan rings is 1. The molecule has 0 radical (unpaired) electrons. The van der Waals surface area contributed by atoms with E-state index in [4.69, 9.17) is 20.8 Å². The molecule has 0 aliphatic heterocycles. The summed E-state index contributed by atoms with van der Waals surface area (Å²) in [4.78, 5) is 35.3. The van der Waals surface area contributed by atoms with Crippen LogP contribution in [-0.2, 0) is 16.1 Å². The van der Waals surface area contributed by atoms with Gasteiger partial charge in [-0.3, -0.25) is 25.2 Å². The van der Waals surface area contributed by atoms with Crippen LogP contribution in [0.25, 0.3) is 0 Å². The molecule has 0 spiro atoms. The van der Waals surface area contributed by atoms with Gasteiger partial charge in [0.1, 0.15) is 11.5 Å². The van der Waals surface area contributed by atoms with Gasteiger partial charge in [-0.1, -0.05) is 11.6 Å². The number of halogens is 1. The average Bonchev–Trinajstić information content (AvgIpc) is 3.10. The van der Waals surface area contributed by atoms with Gasteiger partial charge in [0.25, 0.3) is 5.91 Å². The Kier molecular flexibility index (Phi) is 5.80. The molecule has 0 aliphatic rings. The second kappa shape index (κ2) is 8.02. The van der Waals surface area contributed by atoms with Crippen molar-refractivity contribution in [1.29, 1.82) is 0 Å². The zero-order valence-electron chi connectivity index (χ0n) is 12.6. The topological polar surface area (TPSA) is 110 Å². The van der Waals surface area contributed by atoms with Gasteiger partial charge in [-0.2, -0.15) is 0 Å². The third kappa shape index (κ3) is 4.50. The fourth-order valence-corrected chi connectivity index (χ4v) is 1.93. The molecule has 1 heterocycles. The van der Waals surface area contributed by atoms with Crippen LogP contribution in [0.5, 0.6) is 5.75 Å². The summed E-state index contributed by atoms with van der Waals surface area (Å²) in [6.45, 7) is 0.0509. The highest BCUT2D eigenvalue weighted by Crippen LogP contribution is 2.22. The molecular weight excluding hydrogens is 338 g/mol. The predicted octanol–water partition coefficient (Wildman–Crippen LogP) is 1.02. The Morgan fingerprint density at radius 3 is 2.62 bits per heavy atom. The Morgan fingerprint density at radius 1 is 1.17 bits per heavy atom. The third-order valence-corrected chi connectivity index (χ3v) is 3.14. The average molecular weight is 352 g/mol. The fraction of sp³-hybridized carbons (Fsp3) is 0.133. The molecule has 24 heavy (non-hydrogen) atoms. The summed E-state index contributed by atoms with van der Waals surface area (Å²) in [5.41, 5.74) is 4.23. The molecule has 2 aromatic rings. The van der Waals surface area contributed by atoms with Crippen LogP contribution in [0, 0.1) is 0 Å². The van der Waals surface area contributed by atoms with E-state index in [1.54, 1.807) is 18.2 Å². The molecule has 3 N–H and O–H groups in total. The van der Waals surface area contributed by atoms with Gasteiger partial charge >= 0.3 is 11.8 Å². The van der Waals surface area contributed by atoms with Crippen LogP contribution in [0.3, 0.4) is 0 Å². The summed E-state index contributed by atoms with van der Waals surface area (Å²) in [6.07, 6.45) is 1.44. The number of ether oxygens (including phenoxy) is 1. The van der Waals surface area contributed by atoms with Gasteiger partial charge in [-0.25, -0.2) is 0 Å². The van der Waals surface area contributed by atoms with E-state index >= 15 is 0 Å². The highest BCUT2D eigenvalue weighted by Gasteiger charge is 2.17. The minimum absolute atomic E-state index is 0.0509. The van der Waals surface area contributed by atoms with Crippen LogP contribution in [0.1, 0.15) is 16.1 Å². The normalized spacial score (nSPS) is 9.92. The van der Waals surface area contributed by atoms with Crippen LogP contribution in [-0.4, -0.2) is 24.8 Å². The van der Waals surface area contributed by atoms with Crippen molar-refractivity contribution in [2.75, 3.05) is 7.11 Å². The minimum atomic E-state index is -1.03. The number of carbonyl (C=O) groups excluding carboxylic acids is 3. The third-order valence-electron chi connectivity index (χ3n) is 2.91. The fourth-order valence-electron chi connectivity index (χ4n) is 1.76. The lowest BCUT2D eigenvalue weighted by molar-refractivity contribution is -0.139. The quantitative estimate of drug-likeness (QED) is 0.562. The number of nitrogens with one attached hydrogen (secondary N) is 3. The number of carbonyl (C=O) groups is 3. The van der Waals surface area contributed by atoms with Crippen molar-refractivity contribution >= 4 is 29.3 Å². The van der Waals surface area contributed by atoms with Crippen LogP contribution in [0.4, 0.5) is 0 Å². The van der Waals surface area contributed by atoms with Gasteiger partial charge < -0.3 is 14.5 Å². The van der Waals surface area contributed by atoms with Gasteiger partial charge in [-0.05, 0) is 30.3 Å². The first kappa shape index (κ1) is 17.4. The van der Waals surface area contributed by atoms with E-state index in [1.165, 1.54) is 25.5 Å². The maximum absolute atomic E-state index is 12.0. The number of hydrazine groups is 1. The smallest absolute Gasteiger partial charge is 0.327 e. The zero-order chi connectivity index (χ0) is 17.5. The molecule has 1 aromatic carbocycles. The number of hydrogen-bond acceptors (Lipinski definition) is 5. The van der Waals surface area contributed by atoms with E-state index in [0.717, 1.165) is 0 Å². The van der Waals surface area contributed by atoms with Crippen LogP contribution in [0.2, 0.25) is 5.02 Å². The largest absolute Gasteiger partial charge is 0.496 e. The molecule has 0 aliphatic carbocycles. The number of hydrogen-bond donors (Lipinski definition) is 3. The lowest BCUT2D eigenvalue weighted by atomic mass is 10.2. The molecule has 0 unspecified atom stereocenters. The van der Waals surface area contributed by atoms with Crippen LogP contribution < -0.4 is 20.9 Å². The van der Waals surface area contributed by atoms with E-state index in [1.807, 2.05) is 5.43 Å². The van der Waals surface area contributed by atoms with E-state index in [-0.39, 0.29) is 17.9 Å². The van der Waals surface area contributed by atoms with E-state index in [9.17, 15) is 14.4 Å². The summed E-state index contributed by atoms with van der Waals surface area (Å²) in [5.74, 6) is -1.88. The Balaban J connectivity index is 1.87. The molecule has 8 nitrogen and oxygen atoms in total. The monoisotopic (exact) mass is 351 g/mol. The molecule has 0 atom stereocenters. The highest BCUT2D eigenvalue weighted by atomic mass is 35.5. The lowest BCUT2D eigenvalue weighted by Gasteiger charge is -2.10. The Morgan fingerprint density at radius 2 is 1.96 bits per heavy atom. The van der Waals surface area contributed by atoms with Crippen LogP contribution in [0.15, 0.2) is 41.0 Å². The summed E-state index contributed by atoms with van der Waals surface area (Å²) < 4.78 is 10.0. The molecule has 3 amide bonds. The van der Waals surface area contributed by atoms with E-state index in [2.05, 4.69) is 10.7 Å². The highest BCUT2D eigenvalue weighted by molar-refractivity contribution is 6.35. The van der Waals surface area contributed by atoms with Crippen LogP contribution >= 0.6 is 11.6 Å². The first-order valence-corrected chi connectivity index (χ1v) is 7.13. The zero-order valence-corrected chi connectivity index (χ0v) is 13.3. The molecule has 1 aromatic heterocycles. The maximum Gasteiger partial charge on any atom is 0.327 e. The predicted molar refractivity (Wildman–Crippen MR) is 84.2 cm³/mol. The van der Waals surface area contributed by atoms with Gasteiger partial charge in [-0.15, -0.1) is 0 Å². The summed E-state index contributed by atoms with van der Waals surface area (Å²) in [7, 11) is 1.39. The van der Waals surface area contributed by atoms with Gasteiger partial charge in [0.2, 0.25) is 0 Å². The molecule has 0 saturated heterocycles. The molecule has 0 bridgehead atoms. The standard InChI is InChI=1S/C15H14ClN3O5/c1-23-12-5-4-9(16)7-11(12)13(20)18-19-15(22)14(21)17-8-10-3-2-6-24-10/h2-7H,8H2,1H3,(H,17,21)(H,18,20)(H,19,22). The number of amides is 3. The first-order chi connectivity index (χ1) is 11.5. The molecular formula is C15H14ClN3O5. The maximum atomic E-state index is 12.0. The molecule has 126 valence electrons. The Bertz CT molecular complexity index is 746. The van der Waals surface area contributed by atoms with E-state index < -0.39 is 17.7 Å². The minimum Gasteiger partial charge on any atom is -0.496 e. The van der Waals surface area contributed by atoms with Crippen molar-refractivity contribution in [2.24, 2.45) is 0 Å². The van der Waals surface area contributed by atoms with Gasteiger partial charge in [0.05, 0.1) is 25.5 Å². The van der Waals surface area contributed by atoms with Crippen molar-refractivity contribution in [1.82, 2.24) is 16.2 Å². The lowest BCUT2D eigenvalue weighted by Crippen LogP contribution is -2.48. The SMILES string of the molecule is COc1ccc(Cl)cc1C(=O)NNC(=O)C(=O)NCc1ccco1. The Labute approximate surface area is 142 Å². The van der Waals surface area contributed by atoms with Crippen molar-refractivity contribution in [3.05, 3.63) is 52.9 Å². The Hall–Kier alpha value is -3.00. The molecule has 9 heteroatoms. The molecule has 0 fully saturated rings. The van der Waals surface area contributed by atoms with Gasteiger partial charge in [0, 0.05) is 5.02 Å². The first-order valence-electron chi connectivity index (χ1n) is 6.75. The molecule has 2 rings (SSSR count). The van der Waals surface area contributed by atoms with Gasteiger partial charge in [0.15, 0.2) is 0 Å². The number of benzene rings is 1. The second-order valence-electron chi connectivity index (χ2n) is 4.51. The number of methoxy groups -OCH3 is 1. The molecule has 0 saturated carbocycles. The van der Waals surface area contributed by atoms with Crippen molar-refractivity contribution < 1.29 is 23.5 Å².